The highest BCUT2D eigenvalue weighted by atomic mass is 32.1. The highest BCUT2D eigenvalue weighted by Gasteiger charge is 2.17. The summed E-state index contributed by atoms with van der Waals surface area (Å²) in [4.78, 5) is 0. The summed E-state index contributed by atoms with van der Waals surface area (Å²) < 4.78 is 2.78. The number of fused-ring (bicyclic) bond motifs is 1. The molecule has 0 radical (unpaired) electrons. The molecular weight excluding hydrogens is 549 g/mol. The molecule has 0 amide bonds. The molecule has 0 N–H and O–H groups in total. The van der Waals surface area contributed by atoms with Crippen LogP contribution in [-0.2, 0) is 0 Å². The summed E-state index contributed by atoms with van der Waals surface area (Å²) in [5, 5.41) is 16.1. The van der Waals surface area contributed by atoms with E-state index in [0.29, 0.717) is 5.92 Å². The molecule has 0 saturated carbocycles. The summed E-state index contributed by atoms with van der Waals surface area (Å²) >= 11 is 1.93. The lowest BCUT2D eigenvalue weighted by Crippen LogP contribution is -1.88. The third kappa shape index (κ3) is 3.33. The van der Waals surface area contributed by atoms with Crippen LogP contribution in [0.25, 0.3) is 96.3 Å². The van der Waals surface area contributed by atoms with Crippen LogP contribution in [0.2, 0.25) is 0 Å². The summed E-state index contributed by atoms with van der Waals surface area (Å²) in [5.74, 6) is 0.526. The van der Waals surface area contributed by atoms with Crippen LogP contribution >= 0.6 is 11.3 Å². The smallest absolute Gasteiger partial charge is 0.0364 e. The largest absolute Gasteiger partial charge is 0.135 e. The van der Waals surface area contributed by atoms with Gasteiger partial charge in [0.25, 0.3) is 0 Å². The zero-order chi connectivity index (χ0) is 29.1. The maximum Gasteiger partial charge on any atom is 0.0364 e. The van der Waals surface area contributed by atoms with E-state index in [2.05, 4.69) is 141 Å². The molecule has 0 saturated heterocycles. The molecule has 10 rings (SSSR count). The molecule has 0 nitrogen and oxygen atoms in total. The topological polar surface area (TPSA) is 0 Å². The molecule has 44 heavy (non-hydrogen) atoms. The molecule has 206 valence electrons. The molecule has 0 aliphatic carbocycles. The van der Waals surface area contributed by atoms with Crippen molar-refractivity contribution in [1.29, 1.82) is 0 Å². The fraction of sp³-hybridized carbons (Fsp3) is 0.0698. The normalized spacial score (nSPS) is 12.5. The first-order chi connectivity index (χ1) is 21.6. The molecule has 1 heterocycles. The second-order valence-corrected chi connectivity index (χ2v) is 13.8. The monoisotopic (exact) mass is 576 g/mol. The molecule has 0 bridgehead atoms. The molecule has 0 fully saturated rings. The third-order valence-electron chi connectivity index (χ3n) is 9.90. The van der Waals surface area contributed by atoms with Gasteiger partial charge in [0.1, 0.15) is 0 Å². The van der Waals surface area contributed by atoms with Gasteiger partial charge in [0.15, 0.2) is 0 Å². The van der Waals surface area contributed by atoms with E-state index in [1.165, 1.54) is 102 Å². The average molecular weight is 577 g/mol. The molecule has 10 aromatic rings. The van der Waals surface area contributed by atoms with E-state index < -0.39 is 0 Å². The van der Waals surface area contributed by atoms with Gasteiger partial charge in [-0.25, -0.2) is 0 Å². The lowest BCUT2D eigenvalue weighted by atomic mass is 9.88. The Morgan fingerprint density at radius 3 is 1.84 bits per heavy atom. The lowest BCUT2D eigenvalue weighted by molar-refractivity contribution is 0.870. The molecule has 0 aliphatic rings. The molecule has 0 unspecified atom stereocenters. The molecule has 0 spiro atoms. The molecule has 9 aromatic carbocycles. The zero-order valence-electron chi connectivity index (χ0n) is 24.6. The minimum Gasteiger partial charge on any atom is -0.135 e. The third-order valence-corrected chi connectivity index (χ3v) is 11.0. The average Bonchev–Trinajstić information content (AvgIpc) is 3.45. The van der Waals surface area contributed by atoms with E-state index in [1.807, 2.05) is 11.3 Å². The maximum atomic E-state index is 2.41. The first-order valence-electron chi connectivity index (χ1n) is 15.5. The van der Waals surface area contributed by atoms with Crippen LogP contribution in [0, 0.1) is 0 Å². The van der Waals surface area contributed by atoms with Crippen molar-refractivity contribution < 1.29 is 0 Å². The van der Waals surface area contributed by atoms with Crippen molar-refractivity contribution in [3.05, 3.63) is 133 Å². The Morgan fingerprint density at radius 1 is 0.409 bits per heavy atom. The van der Waals surface area contributed by atoms with Gasteiger partial charge in [0.05, 0.1) is 0 Å². The maximum absolute atomic E-state index is 2.41. The van der Waals surface area contributed by atoms with Crippen LogP contribution in [0.4, 0.5) is 0 Å². The van der Waals surface area contributed by atoms with Crippen LogP contribution in [0.3, 0.4) is 0 Å². The van der Waals surface area contributed by atoms with Gasteiger partial charge >= 0.3 is 0 Å². The van der Waals surface area contributed by atoms with E-state index in [1.54, 1.807) is 0 Å². The minimum atomic E-state index is 0.526. The number of hydrogen-bond donors (Lipinski definition) is 0. The van der Waals surface area contributed by atoms with Crippen LogP contribution < -0.4 is 0 Å². The Balaban J connectivity index is 1.13. The first kappa shape index (κ1) is 24.5. The second kappa shape index (κ2) is 8.78. The molecular formula is C43H28S. The molecule has 1 heteroatoms. The van der Waals surface area contributed by atoms with Crippen molar-refractivity contribution in [1.82, 2.24) is 0 Å². The number of rotatable bonds is 3. The minimum absolute atomic E-state index is 0.526. The quantitative estimate of drug-likeness (QED) is 0.184. The van der Waals surface area contributed by atoms with Crippen LogP contribution in [0.15, 0.2) is 127 Å². The predicted octanol–water partition coefficient (Wildman–Crippen LogP) is 13.2. The fourth-order valence-corrected chi connectivity index (χ4v) is 8.92. The van der Waals surface area contributed by atoms with Gasteiger partial charge in [-0.1, -0.05) is 111 Å². The van der Waals surface area contributed by atoms with Crippen LogP contribution in [0.1, 0.15) is 25.3 Å². The summed E-state index contributed by atoms with van der Waals surface area (Å²) in [6.07, 6.45) is 0. The lowest BCUT2D eigenvalue weighted by Gasteiger charge is -2.15. The zero-order valence-corrected chi connectivity index (χ0v) is 25.4. The van der Waals surface area contributed by atoms with E-state index in [0.717, 1.165) is 0 Å². The SMILES string of the molecule is CC(C)c1cc2ccc3c(-c4ccc5cc(-c6cc7cccc8ccc9cccc6c9c87)ccc5c4)ccc4sc(c1)c2c43. The Bertz CT molecular complexity index is 2740. The Morgan fingerprint density at radius 2 is 1.05 bits per heavy atom. The molecule has 0 aliphatic heterocycles. The van der Waals surface area contributed by atoms with Gasteiger partial charge in [-0.3, -0.25) is 0 Å². The van der Waals surface area contributed by atoms with Crippen LogP contribution in [-0.4, -0.2) is 0 Å². The van der Waals surface area contributed by atoms with Crippen molar-refractivity contribution in [2.45, 2.75) is 19.8 Å². The second-order valence-electron chi connectivity index (χ2n) is 12.7. The predicted molar refractivity (Wildman–Crippen MR) is 194 cm³/mol. The van der Waals surface area contributed by atoms with E-state index in [-0.39, 0.29) is 0 Å². The molecule has 1 aromatic heterocycles. The standard InChI is InChI=1S/C43H28S/c1-24(2)33-21-32-15-16-36-34(17-18-38-43(36)42(32)39(23-33)44-38)29-13-11-28-20-30(14-12-27(28)19-29)37-22-31-7-3-5-25-9-10-26-6-4-8-35(37)41(26)40(25)31/h3-24H,1-2H3. The Hall–Kier alpha value is -4.98. The fourth-order valence-electron chi connectivity index (χ4n) is 7.71. The van der Waals surface area contributed by atoms with Gasteiger partial charge in [0, 0.05) is 20.2 Å². The van der Waals surface area contributed by atoms with Crippen molar-refractivity contribution >= 4 is 85.4 Å². The van der Waals surface area contributed by atoms with Crippen molar-refractivity contribution in [2.75, 3.05) is 0 Å². The molecule has 0 atom stereocenters. The summed E-state index contributed by atoms with van der Waals surface area (Å²) in [5.41, 5.74) is 6.57. The first-order valence-corrected chi connectivity index (χ1v) is 16.3. The van der Waals surface area contributed by atoms with Crippen molar-refractivity contribution in [3.63, 3.8) is 0 Å². The number of hydrogen-bond acceptors (Lipinski definition) is 1. The summed E-state index contributed by atoms with van der Waals surface area (Å²) in [7, 11) is 0. The van der Waals surface area contributed by atoms with Gasteiger partial charge in [0.2, 0.25) is 0 Å². The van der Waals surface area contributed by atoms with Gasteiger partial charge in [-0.2, -0.15) is 0 Å². The van der Waals surface area contributed by atoms with Crippen molar-refractivity contribution in [2.24, 2.45) is 0 Å². The Kier molecular flexibility index (Phi) is 4.88. The number of benzene rings is 9. The summed E-state index contributed by atoms with van der Waals surface area (Å²) in [6.45, 7) is 4.57. The van der Waals surface area contributed by atoms with Crippen molar-refractivity contribution in [3.8, 4) is 22.3 Å². The van der Waals surface area contributed by atoms with Gasteiger partial charge < -0.3 is 0 Å². The van der Waals surface area contributed by atoms with Crippen LogP contribution in [0.5, 0.6) is 0 Å². The van der Waals surface area contributed by atoms with Gasteiger partial charge in [-0.05, 0) is 118 Å². The highest BCUT2D eigenvalue weighted by molar-refractivity contribution is 7.26. The highest BCUT2D eigenvalue weighted by Crippen LogP contribution is 2.46. The Labute approximate surface area is 259 Å². The summed E-state index contributed by atoms with van der Waals surface area (Å²) in [6, 6.07) is 48.4. The van der Waals surface area contributed by atoms with Gasteiger partial charge in [-0.15, -0.1) is 11.3 Å². The van der Waals surface area contributed by atoms with E-state index >= 15 is 0 Å². The van der Waals surface area contributed by atoms with E-state index in [4.69, 9.17) is 0 Å². The van der Waals surface area contributed by atoms with E-state index in [9.17, 15) is 0 Å². The number of thiophene rings is 1.